The predicted octanol–water partition coefficient (Wildman–Crippen LogP) is 2.01. The molecule has 0 saturated carbocycles. The SMILES string of the molecule is Cc1ccc(C)c(N2N=C(C(=O)NCC(C)(C)C(=O)O)CCC2=O)c1. The van der Waals surface area contributed by atoms with Gasteiger partial charge in [0, 0.05) is 19.4 Å². The minimum atomic E-state index is -1.08. The molecule has 0 radical (unpaired) electrons. The van der Waals surface area contributed by atoms with E-state index < -0.39 is 17.3 Å². The zero-order valence-electron chi connectivity index (χ0n) is 14.9. The van der Waals surface area contributed by atoms with Gasteiger partial charge in [0.15, 0.2) is 0 Å². The van der Waals surface area contributed by atoms with Crippen molar-refractivity contribution in [1.82, 2.24) is 5.32 Å². The van der Waals surface area contributed by atoms with Crippen molar-refractivity contribution in [1.29, 1.82) is 0 Å². The third-order valence-electron chi connectivity index (χ3n) is 4.16. The van der Waals surface area contributed by atoms with E-state index in [0.717, 1.165) is 11.1 Å². The van der Waals surface area contributed by atoms with Crippen LogP contribution < -0.4 is 10.3 Å². The summed E-state index contributed by atoms with van der Waals surface area (Å²) >= 11 is 0. The maximum atomic E-state index is 12.3. The molecule has 7 heteroatoms. The topological polar surface area (TPSA) is 99.1 Å². The van der Waals surface area contributed by atoms with Crippen molar-refractivity contribution in [3.8, 4) is 0 Å². The summed E-state index contributed by atoms with van der Waals surface area (Å²) in [7, 11) is 0. The molecule has 2 amide bonds. The molecule has 1 aliphatic heterocycles. The molecule has 1 aromatic carbocycles. The van der Waals surface area contributed by atoms with Crippen molar-refractivity contribution in [3.05, 3.63) is 29.3 Å². The standard InChI is InChI=1S/C18H23N3O4/c1-11-5-6-12(2)14(9-11)21-15(22)8-7-13(20-21)16(23)19-10-18(3,4)17(24)25/h5-6,9H,7-8,10H2,1-4H3,(H,19,23)(H,24,25). The van der Waals surface area contributed by atoms with Gasteiger partial charge in [0.25, 0.3) is 5.91 Å². The Labute approximate surface area is 146 Å². The van der Waals surface area contributed by atoms with Gasteiger partial charge in [-0.15, -0.1) is 0 Å². The number of aliphatic carboxylic acids is 1. The number of nitrogens with zero attached hydrogens (tertiary/aromatic N) is 2. The molecular formula is C18H23N3O4. The van der Waals surface area contributed by atoms with Gasteiger partial charge < -0.3 is 10.4 Å². The number of hydrazone groups is 1. The monoisotopic (exact) mass is 345 g/mol. The molecule has 2 rings (SSSR count). The summed E-state index contributed by atoms with van der Waals surface area (Å²) in [6.07, 6.45) is 0.418. The van der Waals surface area contributed by atoms with Crippen LogP contribution >= 0.6 is 0 Å². The van der Waals surface area contributed by atoms with Crippen molar-refractivity contribution in [2.75, 3.05) is 11.6 Å². The molecule has 7 nitrogen and oxygen atoms in total. The summed E-state index contributed by atoms with van der Waals surface area (Å²) in [6.45, 7) is 6.84. The summed E-state index contributed by atoms with van der Waals surface area (Å²) in [5, 5.41) is 17.2. The zero-order chi connectivity index (χ0) is 18.8. The molecule has 0 aromatic heterocycles. The van der Waals surface area contributed by atoms with Crippen LogP contribution in [0, 0.1) is 19.3 Å². The Hall–Kier alpha value is -2.70. The van der Waals surface area contributed by atoms with E-state index in [4.69, 9.17) is 5.11 Å². The minimum absolute atomic E-state index is 0.0163. The van der Waals surface area contributed by atoms with Gasteiger partial charge in [0.05, 0.1) is 11.1 Å². The molecule has 0 atom stereocenters. The van der Waals surface area contributed by atoms with Gasteiger partial charge in [-0.2, -0.15) is 5.10 Å². The van der Waals surface area contributed by atoms with Crippen LogP contribution in [0.1, 0.15) is 37.8 Å². The Kier molecular flexibility index (Phi) is 5.25. The first-order valence-electron chi connectivity index (χ1n) is 8.11. The average molecular weight is 345 g/mol. The van der Waals surface area contributed by atoms with Gasteiger partial charge in [-0.25, -0.2) is 5.01 Å². The Morgan fingerprint density at radius 2 is 1.96 bits per heavy atom. The Bertz CT molecular complexity index is 753. The maximum Gasteiger partial charge on any atom is 0.310 e. The molecule has 0 fully saturated rings. The van der Waals surface area contributed by atoms with E-state index in [-0.39, 0.29) is 31.0 Å². The number of hydrogen-bond donors (Lipinski definition) is 2. The molecular weight excluding hydrogens is 322 g/mol. The van der Waals surface area contributed by atoms with E-state index in [1.54, 1.807) is 0 Å². The van der Waals surface area contributed by atoms with Crippen molar-refractivity contribution >= 4 is 29.2 Å². The van der Waals surface area contributed by atoms with Gasteiger partial charge in [-0.1, -0.05) is 12.1 Å². The van der Waals surface area contributed by atoms with E-state index in [1.807, 2.05) is 32.0 Å². The fourth-order valence-electron chi connectivity index (χ4n) is 2.33. The third-order valence-corrected chi connectivity index (χ3v) is 4.16. The molecule has 0 spiro atoms. The van der Waals surface area contributed by atoms with Crippen molar-refractivity contribution in [2.24, 2.45) is 10.5 Å². The van der Waals surface area contributed by atoms with Gasteiger partial charge >= 0.3 is 5.97 Å². The number of carboxylic acids is 1. The molecule has 25 heavy (non-hydrogen) atoms. The molecule has 0 bridgehead atoms. The molecule has 2 N–H and O–H groups in total. The van der Waals surface area contributed by atoms with Gasteiger partial charge in [0.1, 0.15) is 5.71 Å². The molecule has 1 aliphatic rings. The number of carbonyl (C=O) groups excluding carboxylic acids is 2. The number of rotatable bonds is 5. The number of benzene rings is 1. The van der Waals surface area contributed by atoms with Gasteiger partial charge in [-0.05, 0) is 44.9 Å². The smallest absolute Gasteiger partial charge is 0.310 e. The lowest BCUT2D eigenvalue weighted by molar-refractivity contribution is -0.146. The molecule has 0 saturated heterocycles. The predicted molar refractivity (Wildman–Crippen MR) is 94.5 cm³/mol. The number of carboxylic acid groups (broad SMARTS) is 1. The zero-order valence-corrected chi connectivity index (χ0v) is 14.9. The molecule has 1 heterocycles. The molecule has 0 aliphatic carbocycles. The lowest BCUT2D eigenvalue weighted by Gasteiger charge is -2.25. The highest BCUT2D eigenvalue weighted by Gasteiger charge is 2.30. The van der Waals surface area contributed by atoms with E-state index in [2.05, 4.69) is 10.4 Å². The largest absolute Gasteiger partial charge is 0.481 e. The second kappa shape index (κ2) is 7.04. The summed E-state index contributed by atoms with van der Waals surface area (Å²) in [4.78, 5) is 35.7. The van der Waals surface area contributed by atoms with Crippen LogP contribution in [0.4, 0.5) is 5.69 Å². The van der Waals surface area contributed by atoms with Crippen LogP contribution in [0.5, 0.6) is 0 Å². The van der Waals surface area contributed by atoms with Gasteiger partial charge in [-0.3, -0.25) is 14.4 Å². The van der Waals surface area contributed by atoms with Crippen LogP contribution in [-0.2, 0) is 14.4 Å². The van der Waals surface area contributed by atoms with Crippen LogP contribution in [0.25, 0.3) is 0 Å². The van der Waals surface area contributed by atoms with Crippen LogP contribution in [0.15, 0.2) is 23.3 Å². The average Bonchev–Trinajstić information content (AvgIpc) is 2.55. The summed E-state index contributed by atoms with van der Waals surface area (Å²) in [5.41, 5.74) is 1.68. The highest BCUT2D eigenvalue weighted by molar-refractivity contribution is 6.40. The van der Waals surface area contributed by atoms with E-state index in [1.165, 1.54) is 18.9 Å². The van der Waals surface area contributed by atoms with Crippen molar-refractivity contribution < 1.29 is 19.5 Å². The second-order valence-electron chi connectivity index (χ2n) is 6.91. The molecule has 0 unspecified atom stereocenters. The summed E-state index contributed by atoms with van der Waals surface area (Å²) in [5.74, 6) is -1.61. The number of nitrogens with one attached hydrogen (secondary N) is 1. The molecule has 1 aromatic rings. The Morgan fingerprint density at radius 1 is 1.28 bits per heavy atom. The van der Waals surface area contributed by atoms with Gasteiger partial charge in [0.2, 0.25) is 5.91 Å². The number of amides is 2. The minimum Gasteiger partial charge on any atom is -0.481 e. The first-order valence-corrected chi connectivity index (χ1v) is 8.11. The highest BCUT2D eigenvalue weighted by atomic mass is 16.4. The number of anilines is 1. The van der Waals surface area contributed by atoms with Crippen LogP contribution in [0.3, 0.4) is 0 Å². The molecule has 134 valence electrons. The Balaban J connectivity index is 2.21. The number of aryl methyl sites for hydroxylation is 2. The van der Waals surface area contributed by atoms with E-state index >= 15 is 0 Å². The summed E-state index contributed by atoms with van der Waals surface area (Å²) in [6, 6.07) is 5.70. The highest BCUT2D eigenvalue weighted by Crippen LogP contribution is 2.25. The lowest BCUT2D eigenvalue weighted by atomic mass is 9.94. The lowest BCUT2D eigenvalue weighted by Crippen LogP contribution is -2.44. The third kappa shape index (κ3) is 4.23. The Morgan fingerprint density at radius 3 is 2.60 bits per heavy atom. The first kappa shape index (κ1) is 18.6. The second-order valence-corrected chi connectivity index (χ2v) is 6.91. The summed E-state index contributed by atoms with van der Waals surface area (Å²) < 4.78 is 0. The van der Waals surface area contributed by atoms with Crippen molar-refractivity contribution in [2.45, 2.75) is 40.5 Å². The quantitative estimate of drug-likeness (QED) is 0.853. The van der Waals surface area contributed by atoms with Crippen LogP contribution in [0.2, 0.25) is 0 Å². The van der Waals surface area contributed by atoms with E-state index in [0.29, 0.717) is 5.69 Å². The maximum absolute atomic E-state index is 12.3. The normalized spacial score (nSPS) is 15.0. The van der Waals surface area contributed by atoms with Crippen molar-refractivity contribution in [3.63, 3.8) is 0 Å². The van der Waals surface area contributed by atoms with E-state index in [9.17, 15) is 14.4 Å². The van der Waals surface area contributed by atoms with Crippen LogP contribution in [-0.4, -0.2) is 35.1 Å². The fourth-order valence-corrected chi connectivity index (χ4v) is 2.33. The number of carbonyl (C=O) groups is 3. The first-order chi connectivity index (χ1) is 11.6. The fraction of sp³-hybridized carbons (Fsp3) is 0.444. The number of hydrogen-bond acceptors (Lipinski definition) is 4.